The largest absolute Gasteiger partial charge is 0.308 e. The van der Waals surface area contributed by atoms with Crippen LogP contribution in [-0.2, 0) is 0 Å². The van der Waals surface area contributed by atoms with Gasteiger partial charge >= 0.3 is 0 Å². The highest BCUT2D eigenvalue weighted by atomic mass is 15.2. The number of nitrogens with zero attached hydrogens (tertiary/aromatic N) is 1. The summed E-state index contributed by atoms with van der Waals surface area (Å²) in [5, 5.41) is 3.62. The third-order valence-electron chi connectivity index (χ3n) is 3.44. The van der Waals surface area contributed by atoms with Crippen LogP contribution in [0.4, 0.5) is 0 Å². The van der Waals surface area contributed by atoms with Gasteiger partial charge in [-0.05, 0) is 33.2 Å². The van der Waals surface area contributed by atoms with Gasteiger partial charge in [0.2, 0.25) is 0 Å². The molecule has 4 unspecified atom stereocenters. The summed E-state index contributed by atoms with van der Waals surface area (Å²) in [6.45, 7) is 11.8. The number of hydrogen-bond acceptors (Lipinski definition) is 2. The van der Waals surface area contributed by atoms with Crippen LogP contribution in [0.25, 0.3) is 0 Å². The molecule has 1 N–H and O–H groups in total. The fraction of sp³-hybridized carbons (Fsp3) is 0.833. The topological polar surface area (TPSA) is 15.3 Å². The lowest BCUT2D eigenvalue weighted by atomic mass is 9.89. The second-order valence-corrected chi connectivity index (χ2v) is 4.80. The van der Waals surface area contributed by atoms with Gasteiger partial charge in [-0.3, -0.25) is 0 Å². The lowest BCUT2D eigenvalue weighted by Crippen LogP contribution is -2.52. The van der Waals surface area contributed by atoms with Gasteiger partial charge in [0.15, 0.2) is 0 Å². The van der Waals surface area contributed by atoms with Crippen molar-refractivity contribution in [2.24, 2.45) is 5.92 Å². The van der Waals surface area contributed by atoms with E-state index in [1.807, 2.05) is 6.08 Å². The molecule has 0 bridgehead atoms. The second-order valence-electron chi connectivity index (χ2n) is 4.80. The van der Waals surface area contributed by atoms with E-state index in [0.717, 1.165) is 5.92 Å². The molecule has 1 saturated heterocycles. The summed E-state index contributed by atoms with van der Waals surface area (Å²) in [5.41, 5.74) is 0. The van der Waals surface area contributed by atoms with E-state index in [4.69, 9.17) is 0 Å². The maximum Gasteiger partial charge on any atom is 0.0221 e. The van der Waals surface area contributed by atoms with Crippen LogP contribution in [0.15, 0.2) is 12.7 Å². The van der Waals surface area contributed by atoms with E-state index in [2.05, 4.69) is 44.6 Å². The van der Waals surface area contributed by atoms with Crippen molar-refractivity contribution in [2.75, 3.05) is 13.6 Å². The highest BCUT2D eigenvalue weighted by Gasteiger charge is 2.28. The summed E-state index contributed by atoms with van der Waals surface area (Å²) >= 11 is 0. The number of nitrogens with one attached hydrogen (secondary N) is 1. The van der Waals surface area contributed by atoms with Gasteiger partial charge in [-0.1, -0.05) is 13.0 Å². The second kappa shape index (κ2) is 4.94. The quantitative estimate of drug-likeness (QED) is 0.693. The Hall–Kier alpha value is -0.340. The third-order valence-corrected chi connectivity index (χ3v) is 3.44. The number of hydrogen-bond donors (Lipinski definition) is 1. The third kappa shape index (κ3) is 2.82. The molecule has 0 amide bonds. The minimum Gasteiger partial charge on any atom is -0.308 e. The zero-order valence-electron chi connectivity index (χ0n) is 9.96. The van der Waals surface area contributed by atoms with Crippen molar-refractivity contribution in [2.45, 2.75) is 45.3 Å². The molecule has 4 atom stereocenters. The van der Waals surface area contributed by atoms with Crippen molar-refractivity contribution in [1.82, 2.24) is 10.2 Å². The van der Waals surface area contributed by atoms with Crippen LogP contribution >= 0.6 is 0 Å². The first-order valence-corrected chi connectivity index (χ1v) is 5.63. The summed E-state index contributed by atoms with van der Waals surface area (Å²) in [6.07, 6.45) is 3.23. The Labute approximate surface area is 88.4 Å². The Morgan fingerprint density at radius 1 is 1.50 bits per heavy atom. The van der Waals surface area contributed by atoms with Crippen molar-refractivity contribution in [3.63, 3.8) is 0 Å². The molecular weight excluding hydrogens is 172 g/mol. The van der Waals surface area contributed by atoms with Crippen molar-refractivity contribution < 1.29 is 0 Å². The Kier molecular flexibility index (Phi) is 4.14. The molecule has 0 aromatic heterocycles. The van der Waals surface area contributed by atoms with Crippen molar-refractivity contribution in [1.29, 1.82) is 0 Å². The molecule has 82 valence electrons. The normalized spacial score (nSPS) is 36.7. The number of piperidine rings is 1. The molecule has 1 rings (SSSR count). The minimum absolute atomic E-state index is 0.429. The first-order valence-electron chi connectivity index (χ1n) is 5.63. The van der Waals surface area contributed by atoms with Crippen LogP contribution in [0.1, 0.15) is 27.2 Å². The molecule has 2 heteroatoms. The Balaban J connectivity index is 2.48. The number of rotatable bonds is 3. The molecule has 1 aliphatic rings. The van der Waals surface area contributed by atoms with Gasteiger partial charge in [0.25, 0.3) is 0 Å². The van der Waals surface area contributed by atoms with E-state index < -0.39 is 0 Å². The highest BCUT2D eigenvalue weighted by Crippen LogP contribution is 2.21. The molecule has 0 aromatic carbocycles. The SMILES string of the molecule is C=CC(C)NC1CC(C)N(C)CC1C. The van der Waals surface area contributed by atoms with Gasteiger partial charge in [-0.15, -0.1) is 6.58 Å². The Morgan fingerprint density at radius 2 is 2.14 bits per heavy atom. The summed E-state index contributed by atoms with van der Waals surface area (Å²) in [6, 6.07) is 1.77. The van der Waals surface area contributed by atoms with Gasteiger partial charge in [0, 0.05) is 24.7 Å². The van der Waals surface area contributed by atoms with Gasteiger partial charge in [-0.2, -0.15) is 0 Å². The van der Waals surface area contributed by atoms with Crippen molar-refractivity contribution >= 4 is 0 Å². The highest BCUT2D eigenvalue weighted by molar-refractivity contribution is 4.91. The van der Waals surface area contributed by atoms with Crippen LogP contribution in [0.5, 0.6) is 0 Å². The number of likely N-dealkylation sites (tertiary alicyclic amines) is 1. The summed E-state index contributed by atoms with van der Waals surface area (Å²) < 4.78 is 0. The van der Waals surface area contributed by atoms with Crippen LogP contribution in [0, 0.1) is 5.92 Å². The summed E-state index contributed by atoms with van der Waals surface area (Å²) in [5.74, 6) is 0.735. The molecule has 0 aromatic rings. The lowest BCUT2D eigenvalue weighted by molar-refractivity contribution is 0.119. The van der Waals surface area contributed by atoms with Gasteiger partial charge in [-0.25, -0.2) is 0 Å². The molecule has 2 nitrogen and oxygen atoms in total. The molecule has 1 fully saturated rings. The van der Waals surface area contributed by atoms with E-state index in [1.54, 1.807) is 0 Å². The minimum atomic E-state index is 0.429. The zero-order valence-corrected chi connectivity index (χ0v) is 9.96. The molecule has 1 aliphatic heterocycles. The van der Waals surface area contributed by atoms with E-state index in [1.165, 1.54) is 13.0 Å². The molecule has 0 spiro atoms. The van der Waals surface area contributed by atoms with Crippen molar-refractivity contribution in [3.05, 3.63) is 12.7 Å². The van der Waals surface area contributed by atoms with Crippen LogP contribution in [0.3, 0.4) is 0 Å². The Morgan fingerprint density at radius 3 is 2.71 bits per heavy atom. The molecule has 0 aliphatic carbocycles. The zero-order chi connectivity index (χ0) is 10.7. The predicted octanol–water partition coefficient (Wildman–Crippen LogP) is 1.88. The molecule has 0 saturated carbocycles. The monoisotopic (exact) mass is 196 g/mol. The first-order chi connectivity index (χ1) is 6.54. The Bertz CT molecular complexity index is 191. The lowest BCUT2D eigenvalue weighted by Gasteiger charge is -2.40. The smallest absolute Gasteiger partial charge is 0.0221 e. The van der Waals surface area contributed by atoms with Gasteiger partial charge in [0.1, 0.15) is 0 Å². The molecule has 14 heavy (non-hydrogen) atoms. The van der Waals surface area contributed by atoms with Gasteiger partial charge in [0.05, 0.1) is 0 Å². The molecular formula is C12H24N2. The van der Waals surface area contributed by atoms with Crippen LogP contribution in [-0.4, -0.2) is 36.6 Å². The maximum atomic E-state index is 3.81. The van der Waals surface area contributed by atoms with E-state index in [-0.39, 0.29) is 0 Å². The standard InChI is InChI=1S/C12H24N2/c1-6-10(3)13-12-7-11(4)14(5)8-9(12)2/h6,9-13H,1,7-8H2,2-5H3. The van der Waals surface area contributed by atoms with Crippen LogP contribution < -0.4 is 5.32 Å². The molecule has 0 radical (unpaired) electrons. The van der Waals surface area contributed by atoms with E-state index >= 15 is 0 Å². The summed E-state index contributed by atoms with van der Waals surface area (Å²) in [7, 11) is 2.22. The molecule has 1 heterocycles. The summed E-state index contributed by atoms with van der Waals surface area (Å²) in [4.78, 5) is 2.45. The first kappa shape index (κ1) is 11.7. The van der Waals surface area contributed by atoms with Crippen molar-refractivity contribution in [3.8, 4) is 0 Å². The van der Waals surface area contributed by atoms with E-state index in [9.17, 15) is 0 Å². The predicted molar refractivity (Wildman–Crippen MR) is 62.5 cm³/mol. The maximum absolute atomic E-state index is 3.81. The average molecular weight is 196 g/mol. The average Bonchev–Trinajstić information content (AvgIpc) is 2.14. The van der Waals surface area contributed by atoms with Gasteiger partial charge < -0.3 is 10.2 Å². The fourth-order valence-electron chi connectivity index (χ4n) is 2.18. The fourth-order valence-corrected chi connectivity index (χ4v) is 2.18. The van der Waals surface area contributed by atoms with E-state index in [0.29, 0.717) is 18.1 Å². The van der Waals surface area contributed by atoms with Crippen LogP contribution in [0.2, 0.25) is 0 Å².